The number of nitrogens with one attached hydrogen (secondary N) is 1. The van der Waals surface area contributed by atoms with Crippen LogP contribution in [0.1, 0.15) is 80.0 Å². The third-order valence-electron chi connectivity index (χ3n) is 7.32. The first-order valence-electron chi connectivity index (χ1n) is 14.3. The van der Waals surface area contributed by atoms with Crippen molar-refractivity contribution < 1.29 is 9.53 Å². The van der Waals surface area contributed by atoms with Crippen LogP contribution in [0.25, 0.3) is 11.0 Å². The van der Waals surface area contributed by atoms with Crippen molar-refractivity contribution in [1.29, 1.82) is 0 Å². The summed E-state index contributed by atoms with van der Waals surface area (Å²) in [7, 11) is 0. The number of aryl methyl sites for hydroxylation is 2. The van der Waals surface area contributed by atoms with Gasteiger partial charge in [-0.25, -0.2) is 4.98 Å². The second-order valence-corrected chi connectivity index (χ2v) is 10.6. The highest BCUT2D eigenvalue weighted by Crippen LogP contribution is 2.22. The van der Waals surface area contributed by atoms with E-state index in [1.54, 1.807) is 12.1 Å². The van der Waals surface area contributed by atoms with Gasteiger partial charge >= 0.3 is 0 Å². The number of aromatic nitrogens is 2. The molecule has 0 aliphatic rings. The predicted molar refractivity (Wildman–Crippen MR) is 161 cm³/mol. The van der Waals surface area contributed by atoms with Crippen molar-refractivity contribution in [2.75, 3.05) is 13.2 Å². The zero-order valence-electron chi connectivity index (χ0n) is 23.2. The van der Waals surface area contributed by atoms with E-state index >= 15 is 0 Å². The average Bonchev–Trinajstić information content (AvgIpc) is 3.32. The van der Waals surface area contributed by atoms with E-state index in [-0.39, 0.29) is 5.91 Å². The zero-order chi connectivity index (χ0) is 27.5. The molecule has 4 aromatic rings. The Morgan fingerprint density at radius 3 is 2.51 bits per heavy atom. The number of carbonyl (C=O) groups is 1. The van der Waals surface area contributed by atoms with Gasteiger partial charge in [-0.2, -0.15) is 0 Å². The zero-order valence-corrected chi connectivity index (χ0v) is 23.9. The second kappa shape index (κ2) is 14.7. The largest absolute Gasteiger partial charge is 0.494 e. The molecular weight excluding hydrogens is 506 g/mol. The van der Waals surface area contributed by atoms with Gasteiger partial charge in [-0.15, -0.1) is 0 Å². The van der Waals surface area contributed by atoms with E-state index in [9.17, 15) is 4.79 Å². The molecule has 1 aromatic heterocycles. The SMILES string of the molecule is CCC(C)c1ccc(OCCCCn2c(CCCCCNC(=O)c3ccccc3Cl)nc3ccccc32)cc1. The fourth-order valence-corrected chi connectivity index (χ4v) is 5.00. The number of hydrogen-bond acceptors (Lipinski definition) is 3. The highest BCUT2D eigenvalue weighted by molar-refractivity contribution is 6.33. The maximum absolute atomic E-state index is 12.3. The molecule has 0 saturated heterocycles. The van der Waals surface area contributed by atoms with Crippen molar-refractivity contribution in [1.82, 2.24) is 14.9 Å². The molecule has 0 saturated carbocycles. The van der Waals surface area contributed by atoms with E-state index in [1.807, 2.05) is 18.2 Å². The summed E-state index contributed by atoms with van der Waals surface area (Å²) in [5.41, 5.74) is 4.14. The third-order valence-corrected chi connectivity index (χ3v) is 7.65. The van der Waals surface area contributed by atoms with Crippen LogP contribution in [0.3, 0.4) is 0 Å². The van der Waals surface area contributed by atoms with Crippen LogP contribution in [0.4, 0.5) is 0 Å². The smallest absolute Gasteiger partial charge is 0.252 e. The number of ether oxygens (including phenoxy) is 1. The number of amides is 1. The summed E-state index contributed by atoms with van der Waals surface area (Å²) in [4.78, 5) is 17.3. The predicted octanol–water partition coefficient (Wildman–Crippen LogP) is 8.21. The lowest BCUT2D eigenvalue weighted by molar-refractivity contribution is 0.0953. The molecule has 39 heavy (non-hydrogen) atoms. The Morgan fingerprint density at radius 2 is 1.72 bits per heavy atom. The molecule has 3 aromatic carbocycles. The van der Waals surface area contributed by atoms with Gasteiger partial charge < -0.3 is 14.6 Å². The Kier molecular flexibility index (Phi) is 10.8. The molecule has 5 nitrogen and oxygen atoms in total. The number of fused-ring (bicyclic) bond motifs is 1. The Labute approximate surface area is 237 Å². The molecule has 1 N–H and O–H groups in total. The molecule has 1 unspecified atom stereocenters. The summed E-state index contributed by atoms with van der Waals surface area (Å²) < 4.78 is 8.37. The van der Waals surface area contributed by atoms with Gasteiger partial charge in [0.15, 0.2) is 0 Å². The number of rotatable bonds is 15. The molecule has 4 rings (SSSR count). The molecule has 1 atom stereocenters. The van der Waals surface area contributed by atoms with Gasteiger partial charge in [0.25, 0.3) is 5.91 Å². The molecule has 0 aliphatic heterocycles. The van der Waals surface area contributed by atoms with E-state index < -0.39 is 0 Å². The number of imidazole rings is 1. The fourth-order valence-electron chi connectivity index (χ4n) is 4.78. The van der Waals surface area contributed by atoms with E-state index in [0.29, 0.717) is 29.7 Å². The first-order chi connectivity index (χ1) is 19.1. The van der Waals surface area contributed by atoms with Gasteiger partial charge in [0.1, 0.15) is 11.6 Å². The van der Waals surface area contributed by atoms with E-state index in [2.05, 4.69) is 66.2 Å². The number of halogens is 1. The summed E-state index contributed by atoms with van der Waals surface area (Å²) in [6.45, 7) is 6.76. The summed E-state index contributed by atoms with van der Waals surface area (Å²) >= 11 is 6.12. The van der Waals surface area contributed by atoms with Crippen LogP contribution in [0, 0.1) is 0 Å². The second-order valence-electron chi connectivity index (χ2n) is 10.1. The first kappa shape index (κ1) is 28.7. The van der Waals surface area contributed by atoms with Crippen LogP contribution in [0.5, 0.6) is 5.75 Å². The van der Waals surface area contributed by atoms with Crippen molar-refractivity contribution in [3.63, 3.8) is 0 Å². The summed E-state index contributed by atoms with van der Waals surface area (Å²) in [6, 6.07) is 24.1. The van der Waals surface area contributed by atoms with E-state index in [4.69, 9.17) is 21.3 Å². The van der Waals surface area contributed by atoms with Crippen LogP contribution in [0.2, 0.25) is 5.02 Å². The Hall–Kier alpha value is -3.31. The quantitative estimate of drug-likeness (QED) is 0.153. The lowest BCUT2D eigenvalue weighted by atomic mass is 9.99. The average molecular weight is 546 g/mol. The van der Waals surface area contributed by atoms with E-state index in [1.165, 1.54) is 11.1 Å². The number of para-hydroxylation sites is 2. The fraction of sp³-hybridized carbons (Fsp3) is 0.394. The Morgan fingerprint density at radius 1 is 0.949 bits per heavy atom. The highest BCUT2D eigenvalue weighted by atomic mass is 35.5. The molecule has 0 fully saturated rings. The van der Waals surface area contributed by atoms with Crippen molar-refractivity contribution in [3.8, 4) is 5.75 Å². The molecular formula is C33H40ClN3O2. The molecule has 6 heteroatoms. The topological polar surface area (TPSA) is 56.1 Å². The Balaban J connectivity index is 1.21. The highest BCUT2D eigenvalue weighted by Gasteiger charge is 2.11. The van der Waals surface area contributed by atoms with Gasteiger partial charge in [0, 0.05) is 19.5 Å². The minimum atomic E-state index is -0.116. The molecule has 206 valence electrons. The van der Waals surface area contributed by atoms with Crippen molar-refractivity contribution >= 4 is 28.5 Å². The maximum atomic E-state index is 12.3. The van der Waals surface area contributed by atoms with Crippen LogP contribution >= 0.6 is 11.6 Å². The number of carbonyl (C=O) groups excluding carboxylic acids is 1. The van der Waals surface area contributed by atoms with Gasteiger partial charge in [0.2, 0.25) is 0 Å². The number of unbranched alkanes of at least 4 members (excludes halogenated alkanes) is 3. The summed E-state index contributed by atoms with van der Waals surface area (Å²) in [5.74, 6) is 2.55. The third kappa shape index (κ3) is 8.09. The molecule has 1 heterocycles. The number of benzene rings is 3. The minimum Gasteiger partial charge on any atom is -0.494 e. The monoisotopic (exact) mass is 545 g/mol. The molecule has 0 bridgehead atoms. The summed E-state index contributed by atoms with van der Waals surface area (Å²) in [5, 5.41) is 3.46. The molecule has 0 radical (unpaired) electrons. The van der Waals surface area contributed by atoms with Gasteiger partial charge in [-0.1, -0.05) is 68.3 Å². The minimum absolute atomic E-state index is 0.116. The molecule has 0 aliphatic carbocycles. The first-order valence-corrected chi connectivity index (χ1v) is 14.6. The lowest BCUT2D eigenvalue weighted by Gasteiger charge is -2.12. The van der Waals surface area contributed by atoms with Crippen LogP contribution in [-0.4, -0.2) is 28.6 Å². The van der Waals surface area contributed by atoms with Crippen molar-refractivity contribution in [2.24, 2.45) is 0 Å². The molecule has 0 spiro atoms. The van der Waals surface area contributed by atoms with Gasteiger partial charge in [-0.05, 0) is 80.0 Å². The van der Waals surface area contributed by atoms with Gasteiger partial charge in [0.05, 0.1) is 28.2 Å². The van der Waals surface area contributed by atoms with Crippen molar-refractivity contribution in [3.05, 3.63) is 94.8 Å². The van der Waals surface area contributed by atoms with Crippen molar-refractivity contribution in [2.45, 2.75) is 71.3 Å². The van der Waals surface area contributed by atoms with E-state index in [0.717, 1.165) is 68.6 Å². The van der Waals surface area contributed by atoms with Crippen LogP contribution in [-0.2, 0) is 13.0 Å². The number of nitrogens with zero attached hydrogens (tertiary/aromatic N) is 2. The number of hydrogen-bond donors (Lipinski definition) is 1. The van der Waals surface area contributed by atoms with Crippen LogP contribution in [0.15, 0.2) is 72.8 Å². The molecule has 1 amide bonds. The maximum Gasteiger partial charge on any atom is 0.252 e. The lowest BCUT2D eigenvalue weighted by Crippen LogP contribution is -2.24. The Bertz CT molecular complexity index is 1330. The standard InChI is InChI=1S/C33H40ClN3O2/c1-3-25(2)26-18-20-27(21-19-26)39-24-12-11-23-37-31-16-9-8-15-30(31)36-32(37)17-5-4-10-22-35-33(38)28-13-6-7-14-29(28)34/h6-9,13-16,18-21,25H,3-5,10-12,17,22-24H2,1-2H3,(H,35,38). The van der Waals surface area contributed by atoms with Crippen LogP contribution < -0.4 is 10.1 Å². The summed E-state index contributed by atoms with van der Waals surface area (Å²) in [6.07, 6.45) is 7.07. The van der Waals surface area contributed by atoms with Gasteiger partial charge in [-0.3, -0.25) is 4.79 Å². The normalized spacial score (nSPS) is 12.0.